The third-order valence-electron chi connectivity index (χ3n) is 3.88. The molecule has 2 amide bonds. The molecule has 0 aliphatic rings. The van der Waals surface area contributed by atoms with Crippen LogP contribution in [0, 0.1) is 11.6 Å². The van der Waals surface area contributed by atoms with Gasteiger partial charge < -0.3 is 15.6 Å². The Morgan fingerprint density at radius 3 is 2.76 bits per heavy atom. The fourth-order valence-electron chi connectivity index (χ4n) is 2.42. The van der Waals surface area contributed by atoms with Gasteiger partial charge in [-0.25, -0.2) is 8.78 Å². The van der Waals surface area contributed by atoms with Crippen LogP contribution in [0.15, 0.2) is 40.9 Å². The maximum absolute atomic E-state index is 13.8. The van der Waals surface area contributed by atoms with Crippen molar-refractivity contribution in [2.45, 2.75) is 30.3 Å². The summed E-state index contributed by atoms with van der Waals surface area (Å²) in [6, 6.07) is 6.65. The molecule has 0 radical (unpaired) electrons. The van der Waals surface area contributed by atoms with Gasteiger partial charge in [-0.15, -0.1) is 21.5 Å². The summed E-state index contributed by atoms with van der Waals surface area (Å²) in [5.74, 6) is -1.97. The normalized spacial score (nSPS) is 12.0. The Balaban J connectivity index is 1.77. The molecule has 3 rings (SSSR count). The molecule has 2 heterocycles. The van der Waals surface area contributed by atoms with Crippen LogP contribution in [0.1, 0.15) is 13.3 Å². The predicted octanol–water partition coefficient (Wildman–Crippen LogP) is 3.28. The Bertz CT molecular complexity index is 1020. The number of nitrogens with zero attached hydrogens (tertiary/aromatic N) is 3. The van der Waals surface area contributed by atoms with Gasteiger partial charge in [-0.2, -0.15) is 0 Å². The minimum absolute atomic E-state index is 0.0886. The second kappa shape index (κ2) is 9.14. The van der Waals surface area contributed by atoms with E-state index in [1.807, 2.05) is 17.5 Å². The first kappa shape index (κ1) is 20.9. The second-order valence-corrected chi connectivity index (χ2v) is 8.28. The number of nitrogens with one attached hydrogen (secondary N) is 1. The highest BCUT2D eigenvalue weighted by atomic mass is 32.2. The number of aromatic nitrogens is 3. The Morgan fingerprint density at radius 2 is 2.10 bits per heavy atom. The molecule has 0 saturated carbocycles. The van der Waals surface area contributed by atoms with E-state index in [9.17, 15) is 18.4 Å². The van der Waals surface area contributed by atoms with Crippen molar-refractivity contribution in [3.63, 3.8) is 0 Å². The van der Waals surface area contributed by atoms with E-state index in [1.54, 1.807) is 11.5 Å². The van der Waals surface area contributed by atoms with Crippen LogP contribution < -0.4 is 11.1 Å². The van der Waals surface area contributed by atoms with E-state index in [0.29, 0.717) is 17.0 Å². The molecule has 7 nitrogen and oxygen atoms in total. The summed E-state index contributed by atoms with van der Waals surface area (Å²) in [4.78, 5) is 24.5. The largest absolute Gasteiger partial charge is 0.370 e. The van der Waals surface area contributed by atoms with Crippen LogP contribution in [0.5, 0.6) is 0 Å². The minimum Gasteiger partial charge on any atom is -0.370 e. The van der Waals surface area contributed by atoms with Gasteiger partial charge in [0.1, 0.15) is 11.6 Å². The van der Waals surface area contributed by atoms with E-state index >= 15 is 0 Å². The summed E-state index contributed by atoms with van der Waals surface area (Å²) in [6.45, 7) is 1.89. The molecule has 0 bridgehead atoms. The van der Waals surface area contributed by atoms with E-state index in [0.717, 1.165) is 28.8 Å². The molecular weight excluding hydrogens is 420 g/mol. The molecule has 0 saturated heterocycles. The van der Waals surface area contributed by atoms with Crippen LogP contribution in [0.3, 0.4) is 0 Å². The van der Waals surface area contributed by atoms with Gasteiger partial charge in [0.15, 0.2) is 11.0 Å². The van der Waals surface area contributed by atoms with Gasteiger partial charge in [0.25, 0.3) is 0 Å². The quantitative estimate of drug-likeness (QED) is 0.527. The molecule has 1 unspecified atom stereocenters. The van der Waals surface area contributed by atoms with Crippen molar-refractivity contribution in [3.8, 4) is 10.7 Å². The van der Waals surface area contributed by atoms with Gasteiger partial charge >= 0.3 is 0 Å². The van der Waals surface area contributed by atoms with Crippen molar-refractivity contribution in [1.82, 2.24) is 14.8 Å². The molecular formula is C18H17F2N5O2S2. The number of nitrogens with two attached hydrogens (primary N) is 1. The van der Waals surface area contributed by atoms with Crippen molar-refractivity contribution >= 4 is 40.6 Å². The number of carbonyl (C=O) groups excluding carboxylic acids is 2. The SMILES string of the molecule is CC(Sc1nnc(-c2cccs2)n1CCC(N)=O)C(=O)Nc1ccc(F)cc1F. The molecule has 1 aromatic carbocycles. The summed E-state index contributed by atoms with van der Waals surface area (Å²) in [7, 11) is 0. The predicted molar refractivity (Wildman–Crippen MR) is 107 cm³/mol. The topological polar surface area (TPSA) is 103 Å². The average molecular weight is 437 g/mol. The standard InChI is InChI=1S/C18H17F2N5O2S2/c1-10(17(27)22-13-5-4-11(19)9-12(13)20)29-18-24-23-16(14-3-2-8-28-14)25(18)7-6-15(21)26/h2-5,8-10H,6-7H2,1H3,(H2,21,26)(H,22,27). The van der Waals surface area contributed by atoms with E-state index in [4.69, 9.17) is 5.73 Å². The first-order valence-electron chi connectivity index (χ1n) is 8.53. The Kier molecular flexibility index (Phi) is 6.60. The summed E-state index contributed by atoms with van der Waals surface area (Å²) in [6.07, 6.45) is 0.0886. The number of amides is 2. The maximum atomic E-state index is 13.8. The number of thiophene rings is 1. The van der Waals surface area contributed by atoms with Crippen LogP contribution >= 0.6 is 23.1 Å². The summed E-state index contributed by atoms with van der Waals surface area (Å²) in [5.41, 5.74) is 5.15. The van der Waals surface area contributed by atoms with E-state index in [2.05, 4.69) is 15.5 Å². The lowest BCUT2D eigenvalue weighted by Crippen LogP contribution is -2.23. The van der Waals surface area contributed by atoms with E-state index in [-0.39, 0.29) is 18.7 Å². The number of hydrogen-bond donors (Lipinski definition) is 2. The molecule has 3 aromatic rings. The zero-order chi connectivity index (χ0) is 21.0. The van der Waals surface area contributed by atoms with Gasteiger partial charge in [-0.3, -0.25) is 9.59 Å². The van der Waals surface area contributed by atoms with E-state index in [1.165, 1.54) is 11.3 Å². The lowest BCUT2D eigenvalue weighted by molar-refractivity contribution is -0.118. The zero-order valence-corrected chi connectivity index (χ0v) is 16.9. The average Bonchev–Trinajstić information content (AvgIpc) is 3.31. The van der Waals surface area contributed by atoms with E-state index < -0.39 is 28.7 Å². The van der Waals surface area contributed by atoms with Gasteiger partial charge in [-0.05, 0) is 30.5 Å². The van der Waals surface area contributed by atoms with Crippen LogP contribution in [0.2, 0.25) is 0 Å². The third-order valence-corrected chi connectivity index (χ3v) is 5.83. The summed E-state index contributed by atoms with van der Waals surface area (Å²) in [5, 5.41) is 12.4. The highest BCUT2D eigenvalue weighted by molar-refractivity contribution is 8.00. The van der Waals surface area contributed by atoms with Crippen LogP contribution in [-0.2, 0) is 16.1 Å². The Hall–Kier alpha value is -2.79. The first-order chi connectivity index (χ1) is 13.8. The molecule has 3 N–H and O–H groups in total. The van der Waals surface area contributed by atoms with Crippen molar-refractivity contribution in [2.24, 2.45) is 5.73 Å². The lowest BCUT2D eigenvalue weighted by Gasteiger charge is -2.13. The molecule has 152 valence electrons. The molecule has 0 spiro atoms. The Labute approximate surface area is 173 Å². The number of primary amides is 1. The molecule has 11 heteroatoms. The number of thioether (sulfide) groups is 1. The molecule has 0 fully saturated rings. The molecule has 1 atom stereocenters. The third kappa shape index (κ3) is 5.18. The van der Waals surface area contributed by atoms with Gasteiger partial charge in [-0.1, -0.05) is 17.8 Å². The number of anilines is 1. The zero-order valence-electron chi connectivity index (χ0n) is 15.3. The smallest absolute Gasteiger partial charge is 0.237 e. The monoisotopic (exact) mass is 437 g/mol. The van der Waals surface area contributed by atoms with Crippen LogP contribution in [0.4, 0.5) is 14.5 Å². The number of rotatable bonds is 8. The van der Waals surface area contributed by atoms with Crippen molar-refractivity contribution in [1.29, 1.82) is 0 Å². The Morgan fingerprint density at radius 1 is 1.31 bits per heavy atom. The number of carbonyl (C=O) groups is 2. The minimum atomic E-state index is -0.861. The van der Waals surface area contributed by atoms with Crippen LogP contribution in [-0.4, -0.2) is 31.8 Å². The van der Waals surface area contributed by atoms with Gasteiger partial charge in [0.05, 0.1) is 15.8 Å². The van der Waals surface area contributed by atoms with Crippen LogP contribution in [0.25, 0.3) is 10.7 Å². The van der Waals surface area contributed by atoms with Crippen molar-refractivity contribution in [3.05, 3.63) is 47.3 Å². The molecule has 0 aliphatic carbocycles. The van der Waals surface area contributed by atoms with Gasteiger partial charge in [0.2, 0.25) is 11.8 Å². The number of halogens is 2. The van der Waals surface area contributed by atoms with Crippen molar-refractivity contribution < 1.29 is 18.4 Å². The number of hydrogen-bond acceptors (Lipinski definition) is 6. The lowest BCUT2D eigenvalue weighted by atomic mass is 10.3. The summed E-state index contributed by atoms with van der Waals surface area (Å²) >= 11 is 2.58. The second-order valence-electron chi connectivity index (χ2n) is 6.02. The molecule has 0 aliphatic heterocycles. The number of benzene rings is 1. The molecule has 2 aromatic heterocycles. The highest BCUT2D eigenvalue weighted by Gasteiger charge is 2.22. The highest BCUT2D eigenvalue weighted by Crippen LogP contribution is 2.30. The van der Waals surface area contributed by atoms with Gasteiger partial charge in [0, 0.05) is 19.0 Å². The molecule has 29 heavy (non-hydrogen) atoms. The summed E-state index contributed by atoms with van der Waals surface area (Å²) < 4.78 is 28.5. The first-order valence-corrected chi connectivity index (χ1v) is 10.3. The fourth-order valence-corrected chi connectivity index (χ4v) is 4.02. The fraction of sp³-hybridized carbons (Fsp3) is 0.222. The van der Waals surface area contributed by atoms with Crippen molar-refractivity contribution in [2.75, 3.05) is 5.32 Å². The maximum Gasteiger partial charge on any atom is 0.237 e.